The molecule has 0 aromatic heterocycles. The summed E-state index contributed by atoms with van der Waals surface area (Å²) in [5.74, 6) is -0.327. The van der Waals surface area contributed by atoms with E-state index < -0.39 is 11.7 Å². The third kappa shape index (κ3) is 7.43. The van der Waals surface area contributed by atoms with Crippen LogP contribution in [0.3, 0.4) is 0 Å². The molecule has 4 nitrogen and oxygen atoms in total. The van der Waals surface area contributed by atoms with Crippen molar-refractivity contribution in [3.63, 3.8) is 0 Å². The Morgan fingerprint density at radius 2 is 1.71 bits per heavy atom. The molecule has 1 N–H and O–H groups in total. The monoisotopic (exact) mass is 454 g/mol. The Morgan fingerprint density at radius 3 is 2.35 bits per heavy atom. The lowest BCUT2D eigenvalue weighted by molar-refractivity contribution is -0.137. The van der Waals surface area contributed by atoms with Gasteiger partial charge < -0.3 is 10.1 Å². The van der Waals surface area contributed by atoms with Crippen molar-refractivity contribution >= 4 is 17.5 Å². The molecule has 1 fully saturated rings. The predicted molar refractivity (Wildman–Crippen MR) is 114 cm³/mol. The first kappa shape index (κ1) is 23.4. The Morgan fingerprint density at radius 1 is 1.03 bits per heavy atom. The van der Waals surface area contributed by atoms with Gasteiger partial charge in [-0.1, -0.05) is 42.3 Å². The van der Waals surface area contributed by atoms with Gasteiger partial charge in [0.15, 0.2) is 6.61 Å². The molecule has 3 rings (SSSR count). The molecule has 0 radical (unpaired) electrons. The highest BCUT2D eigenvalue weighted by atomic mass is 35.5. The zero-order chi connectivity index (χ0) is 22.3. The van der Waals surface area contributed by atoms with E-state index in [1.807, 2.05) is 0 Å². The van der Waals surface area contributed by atoms with Crippen LogP contribution in [-0.4, -0.2) is 37.0 Å². The molecule has 1 saturated heterocycles. The smallest absolute Gasteiger partial charge is 0.416 e. The van der Waals surface area contributed by atoms with Gasteiger partial charge in [-0.25, -0.2) is 0 Å². The van der Waals surface area contributed by atoms with Crippen molar-refractivity contribution in [3.8, 4) is 5.75 Å². The summed E-state index contributed by atoms with van der Waals surface area (Å²) in [4.78, 5) is 14.4. The molecule has 8 heteroatoms. The molecule has 1 amide bonds. The molecule has 1 aliphatic heterocycles. The van der Waals surface area contributed by atoms with Crippen molar-refractivity contribution < 1.29 is 22.7 Å². The lowest BCUT2D eigenvalue weighted by Crippen LogP contribution is -2.30. The Balaban J connectivity index is 1.38. The van der Waals surface area contributed by atoms with Gasteiger partial charge >= 0.3 is 6.18 Å². The topological polar surface area (TPSA) is 41.6 Å². The summed E-state index contributed by atoms with van der Waals surface area (Å²) in [6.45, 7) is 3.41. The minimum absolute atomic E-state index is 0.0362. The van der Waals surface area contributed by atoms with E-state index in [4.69, 9.17) is 16.3 Å². The second-order valence-electron chi connectivity index (χ2n) is 7.68. The van der Waals surface area contributed by atoms with E-state index in [-0.39, 0.29) is 23.3 Å². The molecule has 0 bridgehead atoms. The molecule has 2 aromatic rings. The van der Waals surface area contributed by atoms with E-state index in [2.05, 4.69) is 34.5 Å². The Bertz CT molecular complexity index is 866. The molecular formula is C23H26ClF3N2O2. The lowest BCUT2D eigenvalue weighted by Gasteiger charge is -2.26. The summed E-state index contributed by atoms with van der Waals surface area (Å²) in [7, 11) is 0. The fourth-order valence-corrected chi connectivity index (χ4v) is 3.76. The van der Waals surface area contributed by atoms with Crippen LogP contribution in [0, 0.1) is 0 Å². The van der Waals surface area contributed by atoms with E-state index in [0.29, 0.717) is 13.0 Å². The van der Waals surface area contributed by atoms with Crippen LogP contribution < -0.4 is 10.1 Å². The van der Waals surface area contributed by atoms with Gasteiger partial charge in [0.25, 0.3) is 5.91 Å². The SMILES string of the molecule is O=C(COc1ccc(C(F)(F)F)cc1Cl)NCCc1ccc(CN2CCCCC2)cc1. The molecule has 0 atom stereocenters. The van der Waals surface area contributed by atoms with Crippen LogP contribution in [0.5, 0.6) is 5.75 Å². The van der Waals surface area contributed by atoms with Gasteiger partial charge in [0, 0.05) is 13.1 Å². The van der Waals surface area contributed by atoms with E-state index in [0.717, 1.165) is 43.4 Å². The summed E-state index contributed by atoms with van der Waals surface area (Å²) < 4.78 is 43.2. The number of likely N-dealkylation sites (tertiary alicyclic amines) is 1. The molecular weight excluding hydrogens is 429 g/mol. The largest absolute Gasteiger partial charge is 0.482 e. The third-order valence-electron chi connectivity index (χ3n) is 5.23. The molecule has 31 heavy (non-hydrogen) atoms. The Hall–Kier alpha value is -2.25. The van der Waals surface area contributed by atoms with Crippen LogP contribution in [0.4, 0.5) is 13.2 Å². The van der Waals surface area contributed by atoms with Crippen molar-refractivity contribution in [2.75, 3.05) is 26.2 Å². The second-order valence-corrected chi connectivity index (χ2v) is 8.09. The van der Waals surface area contributed by atoms with Gasteiger partial charge in [0.2, 0.25) is 0 Å². The number of alkyl halides is 3. The lowest BCUT2D eigenvalue weighted by atomic mass is 10.1. The number of halogens is 4. The number of piperidine rings is 1. The number of rotatable bonds is 8. The van der Waals surface area contributed by atoms with Crippen molar-refractivity contribution in [3.05, 3.63) is 64.2 Å². The fraction of sp³-hybridized carbons (Fsp3) is 0.435. The third-order valence-corrected chi connectivity index (χ3v) is 5.53. The van der Waals surface area contributed by atoms with Crippen molar-refractivity contribution in [2.45, 2.75) is 38.4 Å². The first-order valence-electron chi connectivity index (χ1n) is 10.4. The first-order chi connectivity index (χ1) is 14.8. The number of ether oxygens (including phenoxy) is 1. The highest BCUT2D eigenvalue weighted by Gasteiger charge is 2.31. The number of hydrogen-bond acceptors (Lipinski definition) is 3. The summed E-state index contributed by atoms with van der Waals surface area (Å²) >= 11 is 5.82. The summed E-state index contributed by atoms with van der Waals surface area (Å²) in [5, 5.41) is 2.55. The molecule has 0 saturated carbocycles. The Kier molecular flexibility index (Phi) is 8.21. The normalized spacial score (nSPS) is 15.0. The molecule has 168 valence electrons. The average Bonchev–Trinajstić information content (AvgIpc) is 2.74. The number of carbonyl (C=O) groups excluding carboxylic acids is 1. The summed E-state index contributed by atoms with van der Waals surface area (Å²) in [5.41, 5.74) is 1.54. The zero-order valence-electron chi connectivity index (χ0n) is 17.2. The summed E-state index contributed by atoms with van der Waals surface area (Å²) in [6.07, 6.45) is 0.0603. The molecule has 0 aliphatic carbocycles. The number of carbonyl (C=O) groups is 1. The van der Waals surface area contributed by atoms with Crippen molar-refractivity contribution in [1.29, 1.82) is 0 Å². The standard InChI is InChI=1S/C23H26ClF3N2O2/c24-20-14-19(23(25,26)27)8-9-21(20)31-16-22(30)28-11-10-17-4-6-18(7-5-17)15-29-12-2-1-3-13-29/h4-9,14H,1-3,10-13,15-16H2,(H,28,30). The number of nitrogens with one attached hydrogen (secondary N) is 1. The van der Waals surface area contributed by atoms with Gasteiger partial charge in [-0.05, 0) is 61.7 Å². The van der Waals surface area contributed by atoms with Crippen LogP contribution in [0.1, 0.15) is 36.0 Å². The highest BCUT2D eigenvalue weighted by molar-refractivity contribution is 6.32. The minimum atomic E-state index is -4.48. The predicted octanol–water partition coefficient (Wildman–Crippen LogP) is 5.08. The van der Waals surface area contributed by atoms with Crippen LogP contribution in [-0.2, 0) is 23.9 Å². The molecule has 1 aliphatic rings. The molecule has 1 heterocycles. The van der Waals surface area contributed by atoms with Crippen LogP contribution >= 0.6 is 11.6 Å². The van der Waals surface area contributed by atoms with Crippen LogP contribution in [0.25, 0.3) is 0 Å². The maximum Gasteiger partial charge on any atom is 0.416 e. The molecule has 2 aromatic carbocycles. The number of amides is 1. The van der Waals surface area contributed by atoms with Gasteiger partial charge in [-0.15, -0.1) is 0 Å². The second kappa shape index (κ2) is 10.9. The fourth-order valence-electron chi connectivity index (χ4n) is 3.52. The van der Waals surface area contributed by atoms with E-state index in [1.54, 1.807) is 0 Å². The van der Waals surface area contributed by atoms with E-state index in [9.17, 15) is 18.0 Å². The maximum atomic E-state index is 12.7. The summed E-state index contributed by atoms with van der Waals surface area (Å²) in [6, 6.07) is 11.2. The zero-order valence-corrected chi connectivity index (χ0v) is 17.9. The minimum Gasteiger partial charge on any atom is -0.482 e. The number of hydrogen-bond donors (Lipinski definition) is 1. The highest BCUT2D eigenvalue weighted by Crippen LogP contribution is 2.34. The van der Waals surface area contributed by atoms with Gasteiger partial charge in [0.1, 0.15) is 5.75 Å². The average molecular weight is 455 g/mol. The van der Waals surface area contributed by atoms with Gasteiger partial charge in [-0.2, -0.15) is 13.2 Å². The van der Waals surface area contributed by atoms with Crippen LogP contribution in [0.2, 0.25) is 5.02 Å². The van der Waals surface area contributed by atoms with Crippen molar-refractivity contribution in [2.24, 2.45) is 0 Å². The van der Waals surface area contributed by atoms with E-state index in [1.165, 1.54) is 24.8 Å². The van der Waals surface area contributed by atoms with Crippen LogP contribution in [0.15, 0.2) is 42.5 Å². The van der Waals surface area contributed by atoms with E-state index >= 15 is 0 Å². The molecule has 0 spiro atoms. The maximum absolute atomic E-state index is 12.7. The van der Waals surface area contributed by atoms with Crippen molar-refractivity contribution in [1.82, 2.24) is 10.2 Å². The first-order valence-corrected chi connectivity index (χ1v) is 10.8. The van der Waals surface area contributed by atoms with Gasteiger partial charge in [0.05, 0.1) is 10.6 Å². The Labute approximate surface area is 185 Å². The van der Waals surface area contributed by atoms with Gasteiger partial charge in [-0.3, -0.25) is 9.69 Å². The molecule has 0 unspecified atom stereocenters. The number of nitrogens with zero attached hydrogens (tertiary/aromatic N) is 1. The quantitative estimate of drug-likeness (QED) is 0.604. The number of benzene rings is 2.